The number of fused-ring (bicyclic) bond motifs is 1. The maximum atomic E-state index is 11.9. The maximum Gasteiger partial charge on any atom is 0.224 e. The van der Waals surface area contributed by atoms with E-state index in [1.807, 2.05) is 18.2 Å². The van der Waals surface area contributed by atoms with Crippen LogP contribution in [0.5, 0.6) is 5.75 Å². The van der Waals surface area contributed by atoms with Crippen LogP contribution in [-0.2, 0) is 24.1 Å². The van der Waals surface area contributed by atoms with Crippen LogP contribution in [0.3, 0.4) is 0 Å². The highest BCUT2D eigenvalue weighted by Crippen LogP contribution is 2.29. The molecular weight excluding hydrogens is 322 g/mol. The summed E-state index contributed by atoms with van der Waals surface area (Å²) in [6.07, 6.45) is 5.08. The molecule has 1 aliphatic carbocycles. The molecule has 1 N–H and O–H groups in total. The van der Waals surface area contributed by atoms with Gasteiger partial charge in [0.2, 0.25) is 5.91 Å². The van der Waals surface area contributed by atoms with E-state index >= 15 is 0 Å². The number of ether oxygens (including phenoxy) is 1. The molecule has 3 nitrogen and oxygen atoms in total. The highest BCUT2D eigenvalue weighted by Gasteiger charge is 2.13. The molecule has 0 aromatic heterocycles. The van der Waals surface area contributed by atoms with E-state index in [1.165, 1.54) is 24.0 Å². The van der Waals surface area contributed by atoms with E-state index in [0.717, 1.165) is 24.2 Å². The lowest BCUT2D eigenvalue weighted by Gasteiger charge is -2.19. The number of aryl methyl sites for hydroxylation is 1. The number of amides is 1. The highest BCUT2D eigenvalue weighted by molar-refractivity contribution is 6.30. The van der Waals surface area contributed by atoms with Crippen molar-refractivity contribution in [2.24, 2.45) is 0 Å². The Morgan fingerprint density at radius 3 is 2.71 bits per heavy atom. The summed E-state index contributed by atoms with van der Waals surface area (Å²) in [6.45, 7) is 0.999. The highest BCUT2D eigenvalue weighted by atomic mass is 35.5. The minimum atomic E-state index is -0.00369. The van der Waals surface area contributed by atoms with E-state index < -0.39 is 0 Å². The van der Waals surface area contributed by atoms with E-state index in [9.17, 15) is 4.79 Å². The average molecular weight is 344 g/mol. The summed E-state index contributed by atoms with van der Waals surface area (Å²) < 4.78 is 5.89. The number of rotatable bonds is 6. The van der Waals surface area contributed by atoms with E-state index in [0.29, 0.717) is 24.6 Å². The first-order valence-corrected chi connectivity index (χ1v) is 8.85. The first kappa shape index (κ1) is 16.8. The second kappa shape index (κ2) is 8.20. The molecule has 2 aromatic rings. The van der Waals surface area contributed by atoms with Gasteiger partial charge in [-0.05, 0) is 60.6 Å². The van der Waals surface area contributed by atoms with Crippen molar-refractivity contribution in [1.29, 1.82) is 0 Å². The first-order valence-electron chi connectivity index (χ1n) is 8.47. The quantitative estimate of drug-likeness (QED) is 0.806. The normalized spacial score (nSPS) is 13.2. The van der Waals surface area contributed by atoms with Gasteiger partial charge < -0.3 is 10.1 Å². The van der Waals surface area contributed by atoms with Crippen molar-refractivity contribution >= 4 is 17.5 Å². The molecule has 0 saturated carbocycles. The van der Waals surface area contributed by atoms with Crippen LogP contribution >= 0.6 is 11.6 Å². The lowest BCUT2D eigenvalue weighted by Crippen LogP contribution is -2.29. The summed E-state index contributed by atoms with van der Waals surface area (Å²) in [7, 11) is 0. The Kier molecular flexibility index (Phi) is 5.76. The third-order valence-corrected chi connectivity index (χ3v) is 4.56. The number of hydrogen-bond acceptors (Lipinski definition) is 2. The first-order chi connectivity index (χ1) is 11.7. The van der Waals surface area contributed by atoms with Crippen LogP contribution in [0.1, 0.15) is 29.5 Å². The van der Waals surface area contributed by atoms with Gasteiger partial charge in [0, 0.05) is 5.02 Å². The summed E-state index contributed by atoms with van der Waals surface area (Å²) in [5, 5.41) is 3.58. The van der Waals surface area contributed by atoms with Crippen LogP contribution in [-0.4, -0.2) is 19.1 Å². The zero-order chi connectivity index (χ0) is 16.8. The smallest absolute Gasteiger partial charge is 0.224 e. The van der Waals surface area contributed by atoms with E-state index in [2.05, 4.69) is 17.4 Å². The van der Waals surface area contributed by atoms with Crippen molar-refractivity contribution in [3.63, 3.8) is 0 Å². The predicted molar refractivity (Wildman–Crippen MR) is 96.7 cm³/mol. The van der Waals surface area contributed by atoms with Gasteiger partial charge in [0.15, 0.2) is 0 Å². The van der Waals surface area contributed by atoms with Crippen LogP contribution in [0.25, 0.3) is 0 Å². The Bertz CT molecular complexity index is 697. The SMILES string of the molecule is O=C(Cc1ccc(Cl)cc1)NCCOc1cccc2c1CCCC2. The van der Waals surface area contributed by atoms with Crippen molar-refractivity contribution in [2.75, 3.05) is 13.2 Å². The Morgan fingerprint density at radius 1 is 1.08 bits per heavy atom. The largest absolute Gasteiger partial charge is 0.491 e. The molecule has 1 aliphatic rings. The predicted octanol–water partition coefficient (Wildman–Crippen LogP) is 3.96. The van der Waals surface area contributed by atoms with Crippen LogP contribution in [0, 0.1) is 0 Å². The molecule has 2 aromatic carbocycles. The van der Waals surface area contributed by atoms with Crippen molar-refractivity contribution < 1.29 is 9.53 Å². The van der Waals surface area contributed by atoms with Gasteiger partial charge in [-0.25, -0.2) is 0 Å². The molecule has 4 heteroatoms. The fourth-order valence-electron chi connectivity index (χ4n) is 3.08. The Hall–Kier alpha value is -2.00. The van der Waals surface area contributed by atoms with Gasteiger partial charge in [0.25, 0.3) is 0 Å². The van der Waals surface area contributed by atoms with Crippen molar-refractivity contribution in [1.82, 2.24) is 5.32 Å². The monoisotopic (exact) mass is 343 g/mol. The molecule has 126 valence electrons. The van der Waals surface area contributed by atoms with Gasteiger partial charge in [-0.15, -0.1) is 0 Å². The number of hydrogen-bond donors (Lipinski definition) is 1. The molecule has 0 heterocycles. The topological polar surface area (TPSA) is 38.3 Å². The maximum absolute atomic E-state index is 11.9. The zero-order valence-corrected chi connectivity index (χ0v) is 14.4. The molecule has 3 rings (SSSR count). The number of carbonyl (C=O) groups excluding carboxylic acids is 1. The zero-order valence-electron chi connectivity index (χ0n) is 13.7. The summed E-state index contributed by atoms with van der Waals surface area (Å²) >= 11 is 5.84. The summed E-state index contributed by atoms with van der Waals surface area (Å²) in [4.78, 5) is 11.9. The van der Waals surface area contributed by atoms with Gasteiger partial charge in [0.05, 0.1) is 13.0 Å². The third-order valence-electron chi connectivity index (χ3n) is 4.31. The van der Waals surface area contributed by atoms with Crippen LogP contribution < -0.4 is 10.1 Å². The van der Waals surface area contributed by atoms with Crippen molar-refractivity contribution in [3.05, 3.63) is 64.2 Å². The molecular formula is C20H22ClNO2. The molecule has 0 aliphatic heterocycles. The summed E-state index contributed by atoms with van der Waals surface area (Å²) in [5.74, 6) is 0.968. The number of carbonyl (C=O) groups is 1. The van der Waals surface area contributed by atoms with E-state index in [4.69, 9.17) is 16.3 Å². The van der Waals surface area contributed by atoms with Crippen LogP contribution in [0.15, 0.2) is 42.5 Å². The molecule has 0 radical (unpaired) electrons. The van der Waals surface area contributed by atoms with Crippen LogP contribution in [0.4, 0.5) is 0 Å². The molecule has 0 bridgehead atoms. The third kappa shape index (κ3) is 4.51. The second-order valence-corrected chi connectivity index (χ2v) is 6.54. The molecule has 24 heavy (non-hydrogen) atoms. The lowest BCUT2D eigenvalue weighted by molar-refractivity contribution is -0.120. The Balaban J connectivity index is 1.44. The molecule has 0 saturated heterocycles. The van der Waals surface area contributed by atoms with Gasteiger partial charge in [-0.2, -0.15) is 0 Å². The second-order valence-electron chi connectivity index (χ2n) is 6.10. The fourth-order valence-corrected chi connectivity index (χ4v) is 3.21. The van der Waals surface area contributed by atoms with E-state index in [-0.39, 0.29) is 5.91 Å². The number of halogens is 1. The number of benzene rings is 2. The minimum absolute atomic E-state index is 0.00369. The average Bonchev–Trinajstić information content (AvgIpc) is 2.61. The number of nitrogens with one attached hydrogen (secondary N) is 1. The molecule has 0 spiro atoms. The molecule has 1 amide bonds. The van der Waals surface area contributed by atoms with E-state index in [1.54, 1.807) is 12.1 Å². The van der Waals surface area contributed by atoms with Crippen molar-refractivity contribution in [3.8, 4) is 5.75 Å². The molecule has 0 unspecified atom stereocenters. The Labute approximate surface area is 148 Å². The Morgan fingerprint density at radius 2 is 1.88 bits per heavy atom. The van der Waals surface area contributed by atoms with Crippen LogP contribution in [0.2, 0.25) is 5.02 Å². The van der Waals surface area contributed by atoms with Gasteiger partial charge in [-0.3, -0.25) is 4.79 Å². The lowest BCUT2D eigenvalue weighted by atomic mass is 9.91. The van der Waals surface area contributed by atoms with Gasteiger partial charge in [-0.1, -0.05) is 35.9 Å². The van der Waals surface area contributed by atoms with Gasteiger partial charge in [0.1, 0.15) is 12.4 Å². The summed E-state index contributed by atoms with van der Waals surface area (Å²) in [6, 6.07) is 13.6. The summed E-state index contributed by atoms with van der Waals surface area (Å²) in [5.41, 5.74) is 3.71. The fraction of sp³-hybridized carbons (Fsp3) is 0.350. The minimum Gasteiger partial charge on any atom is -0.491 e. The standard InChI is InChI=1S/C20H22ClNO2/c21-17-10-8-15(9-11-17)14-20(23)22-12-13-24-19-7-3-5-16-4-1-2-6-18(16)19/h3,5,7-11H,1-2,4,6,12-14H2,(H,22,23). The van der Waals surface area contributed by atoms with Gasteiger partial charge >= 0.3 is 0 Å². The molecule has 0 fully saturated rings. The molecule has 0 atom stereocenters. The van der Waals surface area contributed by atoms with Crippen molar-refractivity contribution in [2.45, 2.75) is 32.1 Å².